The first kappa shape index (κ1) is 14.3. The first-order valence-corrected chi connectivity index (χ1v) is 8.30. The molecule has 3 N–H and O–H groups in total. The minimum absolute atomic E-state index is 0.00772. The molecule has 106 valence electrons. The molecule has 1 fully saturated rings. The topological polar surface area (TPSA) is 72.2 Å². The molecule has 0 aromatic heterocycles. The molecule has 1 aromatic carbocycles. The molecule has 0 heterocycles. The van der Waals surface area contributed by atoms with Crippen molar-refractivity contribution in [2.75, 3.05) is 12.3 Å². The largest absolute Gasteiger partial charge is 0.399 e. The van der Waals surface area contributed by atoms with Gasteiger partial charge in [-0.05, 0) is 41.9 Å². The van der Waals surface area contributed by atoms with Gasteiger partial charge in [0.2, 0.25) is 10.0 Å². The number of sulfonamides is 1. The number of rotatable bonds is 6. The van der Waals surface area contributed by atoms with E-state index in [0.29, 0.717) is 18.2 Å². The molecule has 5 heteroatoms. The number of nitrogens with one attached hydrogen (secondary N) is 1. The molecule has 0 aliphatic heterocycles. The average Bonchev–Trinajstić information content (AvgIpc) is 3.07. The predicted molar refractivity (Wildman–Crippen MR) is 78.0 cm³/mol. The molecule has 0 amide bonds. The van der Waals surface area contributed by atoms with Crippen molar-refractivity contribution in [2.45, 2.75) is 32.4 Å². The number of benzene rings is 1. The molecule has 0 spiro atoms. The zero-order valence-electron chi connectivity index (χ0n) is 11.5. The van der Waals surface area contributed by atoms with Gasteiger partial charge >= 0.3 is 0 Å². The van der Waals surface area contributed by atoms with Crippen molar-refractivity contribution in [3.05, 3.63) is 29.8 Å². The van der Waals surface area contributed by atoms with Crippen molar-refractivity contribution < 1.29 is 8.42 Å². The fraction of sp³-hybridized carbons (Fsp3) is 0.571. The summed E-state index contributed by atoms with van der Waals surface area (Å²) in [5.74, 6) is 0.509. The van der Waals surface area contributed by atoms with Crippen molar-refractivity contribution in [2.24, 2.45) is 11.3 Å². The summed E-state index contributed by atoms with van der Waals surface area (Å²) in [5.41, 5.74) is 7.15. The molecule has 0 saturated heterocycles. The molecule has 0 bridgehead atoms. The molecule has 2 rings (SSSR count). The highest BCUT2D eigenvalue weighted by Crippen LogP contribution is 2.51. The van der Waals surface area contributed by atoms with Crippen LogP contribution in [0.5, 0.6) is 0 Å². The highest BCUT2D eigenvalue weighted by Gasteiger charge is 2.45. The van der Waals surface area contributed by atoms with E-state index in [1.807, 2.05) is 0 Å². The second kappa shape index (κ2) is 5.13. The highest BCUT2D eigenvalue weighted by atomic mass is 32.2. The fourth-order valence-corrected chi connectivity index (χ4v) is 3.55. The summed E-state index contributed by atoms with van der Waals surface area (Å²) in [6.07, 6.45) is 2.23. The normalized spacial score (nSPS) is 17.6. The zero-order chi connectivity index (χ0) is 14.1. The van der Waals surface area contributed by atoms with E-state index in [9.17, 15) is 8.42 Å². The highest BCUT2D eigenvalue weighted by molar-refractivity contribution is 7.88. The van der Waals surface area contributed by atoms with Gasteiger partial charge in [0, 0.05) is 12.2 Å². The van der Waals surface area contributed by atoms with Crippen LogP contribution >= 0.6 is 0 Å². The number of nitrogens with two attached hydrogens (primary N) is 1. The minimum Gasteiger partial charge on any atom is -0.399 e. The molecule has 4 nitrogen and oxygen atoms in total. The van der Waals surface area contributed by atoms with Gasteiger partial charge in [0.25, 0.3) is 0 Å². The summed E-state index contributed by atoms with van der Waals surface area (Å²) < 4.78 is 26.9. The monoisotopic (exact) mass is 282 g/mol. The summed E-state index contributed by atoms with van der Waals surface area (Å²) in [4.78, 5) is 0. The summed E-state index contributed by atoms with van der Waals surface area (Å²) in [6.45, 7) is 4.85. The molecule has 1 aliphatic rings. The van der Waals surface area contributed by atoms with Crippen LogP contribution in [0.4, 0.5) is 5.69 Å². The van der Waals surface area contributed by atoms with Crippen molar-refractivity contribution in [1.29, 1.82) is 0 Å². The lowest BCUT2D eigenvalue weighted by atomic mass is 9.93. The van der Waals surface area contributed by atoms with Gasteiger partial charge in [-0.15, -0.1) is 0 Å². The van der Waals surface area contributed by atoms with Gasteiger partial charge in [0.15, 0.2) is 0 Å². The lowest BCUT2D eigenvalue weighted by Gasteiger charge is -2.20. The van der Waals surface area contributed by atoms with Gasteiger partial charge in [-0.1, -0.05) is 26.0 Å². The van der Waals surface area contributed by atoms with Crippen LogP contribution in [0, 0.1) is 11.3 Å². The Morgan fingerprint density at radius 1 is 1.37 bits per heavy atom. The third kappa shape index (κ3) is 3.70. The Balaban J connectivity index is 1.96. The third-order valence-corrected chi connectivity index (χ3v) is 5.37. The van der Waals surface area contributed by atoms with E-state index >= 15 is 0 Å². The van der Waals surface area contributed by atoms with E-state index in [-0.39, 0.29) is 11.2 Å². The van der Waals surface area contributed by atoms with E-state index in [1.165, 1.54) is 0 Å². The lowest BCUT2D eigenvalue weighted by molar-refractivity contribution is 0.357. The lowest BCUT2D eigenvalue weighted by Crippen LogP contribution is -2.33. The van der Waals surface area contributed by atoms with Gasteiger partial charge in [-0.25, -0.2) is 13.1 Å². The molecular formula is C14H22N2O2S. The van der Waals surface area contributed by atoms with Crippen molar-refractivity contribution in [1.82, 2.24) is 4.72 Å². The van der Waals surface area contributed by atoms with Gasteiger partial charge in [-0.2, -0.15) is 0 Å². The molecule has 0 unspecified atom stereocenters. The average molecular weight is 282 g/mol. The van der Waals surface area contributed by atoms with Crippen LogP contribution in [0.1, 0.15) is 32.3 Å². The molecule has 19 heavy (non-hydrogen) atoms. The van der Waals surface area contributed by atoms with Crippen molar-refractivity contribution >= 4 is 15.7 Å². The maximum Gasteiger partial charge on any atom is 0.215 e. The Bertz CT molecular complexity index is 548. The summed E-state index contributed by atoms with van der Waals surface area (Å²) >= 11 is 0. The SMILES string of the molecule is CC(C)C1(CNS(=O)(=O)Cc2cccc(N)c2)CC1. The number of nitrogen functional groups attached to an aromatic ring is 1. The Hall–Kier alpha value is -1.07. The second-order valence-electron chi connectivity index (χ2n) is 5.84. The molecular weight excluding hydrogens is 260 g/mol. The van der Waals surface area contributed by atoms with Crippen LogP contribution in [0.2, 0.25) is 0 Å². The van der Waals surface area contributed by atoms with E-state index in [1.54, 1.807) is 24.3 Å². The fourth-order valence-electron chi connectivity index (χ4n) is 2.33. The zero-order valence-corrected chi connectivity index (χ0v) is 12.3. The second-order valence-corrected chi connectivity index (χ2v) is 7.65. The summed E-state index contributed by atoms with van der Waals surface area (Å²) in [7, 11) is -3.28. The maximum atomic E-state index is 12.1. The van der Waals surface area contributed by atoms with Crippen molar-refractivity contribution in [3.8, 4) is 0 Å². The molecule has 0 radical (unpaired) electrons. The van der Waals surface area contributed by atoms with Crippen LogP contribution in [0.3, 0.4) is 0 Å². The van der Waals surface area contributed by atoms with Crippen LogP contribution < -0.4 is 10.5 Å². The van der Waals surface area contributed by atoms with Gasteiger partial charge in [-0.3, -0.25) is 0 Å². The van der Waals surface area contributed by atoms with E-state index < -0.39 is 10.0 Å². The van der Waals surface area contributed by atoms with Crippen LogP contribution in [0.25, 0.3) is 0 Å². The first-order valence-electron chi connectivity index (χ1n) is 6.65. The Labute approximate surface area is 115 Å². The van der Waals surface area contributed by atoms with Crippen LogP contribution in [0.15, 0.2) is 24.3 Å². The van der Waals surface area contributed by atoms with Crippen molar-refractivity contribution in [3.63, 3.8) is 0 Å². The summed E-state index contributed by atoms with van der Waals surface area (Å²) in [6, 6.07) is 7.01. The molecule has 0 atom stereocenters. The predicted octanol–water partition coefficient (Wildman–Crippen LogP) is 2.12. The van der Waals surface area contributed by atoms with Gasteiger partial charge < -0.3 is 5.73 Å². The smallest absolute Gasteiger partial charge is 0.215 e. The Morgan fingerprint density at radius 3 is 2.58 bits per heavy atom. The standard InChI is InChI=1S/C14H22N2O2S/c1-11(2)14(6-7-14)10-16-19(17,18)9-12-4-3-5-13(15)8-12/h3-5,8,11,16H,6-7,9-10,15H2,1-2H3. The third-order valence-electron chi connectivity index (χ3n) is 4.07. The van der Waals surface area contributed by atoms with Crippen LogP contribution in [-0.4, -0.2) is 15.0 Å². The van der Waals surface area contributed by atoms with E-state index in [4.69, 9.17) is 5.73 Å². The Morgan fingerprint density at radius 2 is 2.05 bits per heavy atom. The van der Waals surface area contributed by atoms with E-state index in [2.05, 4.69) is 18.6 Å². The first-order chi connectivity index (χ1) is 8.83. The maximum absolute atomic E-state index is 12.1. The van der Waals surface area contributed by atoms with Gasteiger partial charge in [0.1, 0.15) is 0 Å². The number of hydrogen-bond donors (Lipinski definition) is 2. The van der Waals surface area contributed by atoms with Gasteiger partial charge in [0.05, 0.1) is 5.75 Å². The summed E-state index contributed by atoms with van der Waals surface area (Å²) in [5, 5.41) is 0. The minimum atomic E-state index is -3.28. The Kier molecular flexibility index (Phi) is 3.87. The van der Waals surface area contributed by atoms with E-state index in [0.717, 1.165) is 18.4 Å². The number of hydrogen-bond acceptors (Lipinski definition) is 3. The van der Waals surface area contributed by atoms with Crippen LogP contribution in [-0.2, 0) is 15.8 Å². The number of anilines is 1. The molecule has 1 aromatic rings. The molecule has 1 saturated carbocycles. The quantitative estimate of drug-likeness (QED) is 0.785. The molecule has 1 aliphatic carbocycles.